The molecule has 0 heterocycles. The van der Waals surface area contributed by atoms with Crippen LogP contribution in [0.15, 0.2) is 47.4 Å². The lowest BCUT2D eigenvalue weighted by Gasteiger charge is -2.13. The van der Waals surface area contributed by atoms with Gasteiger partial charge in [0.15, 0.2) is 0 Å². The maximum absolute atomic E-state index is 13.5. The molecule has 0 aliphatic heterocycles. The lowest BCUT2D eigenvalue weighted by molar-refractivity contribution is -0.115. The van der Waals surface area contributed by atoms with Crippen LogP contribution in [0.3, 0.4) is 0 Å². The van der Waals surface area contributed by atoms with Crippen LogP contribution in [-0.2, 0) is 4.79 Å². The van der Waals surface area contributed by atoms with Gasteiger partial charge in [0.2, 0.25) is 5.91 Å². The molecule has 0 saturated heterocycles. The zero-order valence-electron chi connectivity index (χ0n) is 11.3. The first-order valence-electron chi connectivity index (χ1n) is 6.24. The van der Waals surface area contributed by atoms with Crippen LogP contribution in [0.5, 0.6) is 0 Å². The molecule has 1 atom stereocenters. The largest absolute Gasteiger partial charge is 0.399 e. The normalized spacial score (nSPS) is 12.0. The van der Waals surface area contributed by atoms with Crippen LogP contribution in [-0.4, -0.2) is 11.2 Å². The van der Waals surface area contributed by atoms with Crippen LogP contribution >= 0.6 is 11.8 Å². The van der Waals surface area contributed by atoms with Gasteiger partial charge in [-0.2, -0.15) is 0 Å². The average Bonchev–Trinajstić information content (AvgIpc) is 2.45. The number of nitrogens with two attached hydrogens (primary N) is 1. The van der Waals surface area contributed by atoms with Gasteiger partial charge >= 0.3 is 0 Å². The SMILES string of the molecule is CC(Sc1ccccc1F)C(=O)Nc1cc(N)ccc1F. The molecule has 3 N–H and O–H groups in total. The highest BCUT2D eigenvalue weighted by atomic mass is 32.2. The maximum Gasteiger partial charge on any atom is 0.237 e. The zero-order chi connectivity index (χ0) is 15.4. The molecule has 0 aromatic heterocycles. The van der Waals surface area contributed by atoms with E-state index in [1.54, 1.807) is 25.1 Å². The van der Waals surface area contributed by atoms with Crippen LogP contribution in [0.1, 0.15) is 6.92 Å². The topological polar surface area (TPSA) is 55.1 Å². The lowest BCUT2D eigenvalue weighted by atomic mass is 10.2. The quantitative estimate of drug-likeness (QED) is 0.669. The number of hydrogen-bond acceptors (Lipinski definition) is 3. The minimum Gasteiger partial charge on any atom is -0.399 e. The van der Waals surface area contributed by atoms with E-state index in [9.17, 15) is 13.6 Å². The lowest BCUT2D eigenvalue weighted by Crippen LogP contribution is -2.23. The Hall–Kier alpha value is -2.08. The molecule has 0 bridgehead atoms. The molecule has 2 aromatic carbocycles. The molecule has 21 heavy (non-hydrogen) atoms. The van der Waals surface area contributed by atoms with Gasteiger partial charge in [0.1, 0.15) is 11.6 Å². The molecule has 6 heteroatoms. The number of benzene rings is 2. The summed E-state index contributed by atoms with van der Waals surface area (Å²) in [5.41, 5.74) is 5.91. The number of nitrogen functional groups attached to an aromatic ring is 1. The predicted molar refractivity (Wildman–Crippen MR) is 81.2 cm³/mol. The molecule has 0 spiro atoms. The Kier molecular flexibility index (Phi) is 4.80. The van der Waals surface area contributed by atoms with Gasteiger partial charge in [-0.15, -0.1) is 11.8 Å². The summed E-state index contributed by atoms with van der Waals surface area (Å²) in [5, 5.41) is 1.87. The number of halogens is 2. The average molecular weight is 308 g/mol. The molecule has 0 saturated carbocycles. The van der Waals surface area contributed by atoms with Gasteiger partial charge in [-0.1, -0.05) is 12.1 Å². The molecular weight excluding hydrogens is 294 g/mol. The third-order valence-corrected chi connectivity index (χ3v) is 3.91. The van der Waals surface area contributed by atoms with E-state index < -0.39 is 22.8 Å². The van der Waals surface area contributed by atoms with Gasteiger partial charge in [-0.25, -0.2) is 8.78 Å². The van der Waals surface area contributed by atoms with E-state index in [1.807, 2.05) is 0 Å². The fourth-order valence-electron chi connectivity index (χ4n) is 1.66. The number of amides is 1. The maximum atomic E-state index is 13.5. The second-order valence-corrected chi connectivity index (χ2v) is 5.80. The number of nitrogens with one attached hydrogen (secondary N) is 1. The third-order valence-electron chi connectivity index (χ3n) is 2.76. The summed E-state index contributed by atoms with van der Waals surface area (Å²) < 4.78 is 27.1. The number of thioether (sulfide) groups is 1. The molecular formula is C15H14F2N2OS. The first-order valence-corrected chi connectivity index (χ1v) is 7.12. The highest BCUT2D eigenvalue weighted by Crippen LogP contribution is 2.27. The fourth-order valence-corrected chi connectivity index (χ4v) is 2.54. The molecule has 0 fully saturated rings. The minimum atomic E-state index is -0.581. The van der Waals surface area contributed by atoms with Crippen molar-refractivity contribution in [3.63, 3.8) is 0 Å². The summed E-state index contributed by atoms with van der Waals surface area (Å²) in [6, 6.07) is 10.1. The third kappa shape index (κ3) is 3.95. The number of hydrogen-bond donors (Lipinski definition) is 2. The standard InChI is InChI=1S/C15H14F2N2OS/c1-9(21-14-5-3-2-4-12(14)17)15(20)19-13-8-10(18)6-7-11(13)16/h2-9H,18H2,1H3,(H,19,20). The Morgan fingerprint density at radius 1 is 1.19 bits per heavy atom. The highest BCUT2D eigenvalue weighted by Gasteiger charge is 2.17. The second-order valence-electron chi connectivity index (χ2n) is 4.42. The Labute approximate surface area is 125 Å². The second kappa shape index (κ2) is 6.58. The van der Waals surface area contributed by atoms with Crippen molar-refractivity contribution in [2.75, 3.05) is 11.1 Å². The molecule has 0 radical (unpaired) electrons. The van der Waals surface area contributed by atoms with Crippen molar-refractivity contribution in [1.29, 1.82) is 0 Å². The number of carbonyl (C=O) groups is 1. The van der Waals surface area contributed by atoms with Crippen LogP contribution in [0, 0.1) is 11.6 Å². The Balaban J connectivity index is 2.06. The predicted octanol–water partition coefficient (Wildman–Crippen LogP) is 3.67. The first kappa shape index (κ1) is 15.3. The van der Waals surface area contributed by atoms with E-state index in [4.69, 9.17) is 5.73 Å². The van der Waals surface area contributed by atoms with E-state index in [0.29, 0.717) is 10.6 Å². The highest BCUT2D eigenvalue weighted by molar-refractivity contribution is 8.00. The summed E-state index contributed by atoms with van der Waals surface area (Å²) in [5.74, 6) is -1.38. The molecule has 2 rings (SSSR count). The van der Waals surface area contributed by atoms with Crippen molar-refractivity contribution < 1.29 is 13.6 Å². The van der Waals surface area contributed by atoms with E-state index in [2.05, 4.69) is 5.32 Å². The molecule has 0 aliphatic carbocycles. The summed E-state index contributed by atoms with van der Waals surface area (Å²) in [6.07, 6.45) is 0. The van der Waals surface area contributed by atoms with E-state index in [-0.39, 0.29) is 5.69 Å². The summed E-state index contributed by atoms with van der Waals surface area (Å²) in [4.78, 5) is 12.4. The van der Waals surface area contributed by atoms with Crippen molar-refractivity contribution in [2.45, 2.75) is 17.1 Å². The van der Waals surface area contributed by atoms with E-state index in [1.165, 1.54) is 24.3 Å². The van der Waals surface area contributed by atoms with Gasteiger partial charge in [0, 0.05) is 10.6 Å². The molecule has 110 valence electrons. The van der Waals surface area contributed by atoms with Crippen LogP contribution < -0.4 is 11.1 Å². The Morgan fingerprint density at radius 3 is 2.62 bits per heavy atom. The number of carbonyl (C=O) groups excluding carboxylic acids is 1. The molecule has 2 aromatic rings. The van der Waals surface area contributed by atoms with Gasteiger partial charge in [-0.05, 0) is 37.3 Å². The van der Waals surface area contributed by atoms with Gasteiger partial charge in [0.05, 0.1) is 10.9 Å². The number of rotatable bonds is 4. The van der Waals surface area contributed by atoms with E-state index >= 15 is 0 Å². The van der Waals surface area contributed by atoms with Crippen molar-refractivity contribution in [2.24, 2.45) is 0 Å². The summed E-state index contributed by atoms with van der Waals surface area (Å²) >= 11 is 1.07. The zero-order valence-corrected chi connectivity index (χ0v) is 12.1. The van der Waals surface area contributed by atoms with Crippen molar-refractivity contribution in [3.05, 3.63) is 54.1 Å². The molecule has 1 amide bonds. The molecule has 1 unspecified atom stereocenters. The smallest absolute Gasteiger partial charge is 0.237 e. The van der Waals surface area contributed by atoms with Crippen molar-refractivity contribution >= 4 is 29.0 Å². The van der Waals surface area contributed by atoms with Gasteiger partial charge < -0.3 is 11.1 Å². The Morgan fingerprint density at radius 2 is 1.90 bits per heavy atom. The van der Waals surface area contributed by atoms with Gasteiger partial charge in [0.25, 0.3) is 0 Å². The number of anilines is 2. The van der Waals surface area contributed by atoms with Crippen molar-refractivity contribution in [3.8, 4) is 0 Å². The molecule has 0 aliphatic rings. The Bertz CT molecular complexity index is 664. The minimum absolute atomic E-state index is 0.0148. The summed E-state index contributed by atoms with van der Waals surface area (Å²) in [6.45, 7) is 1.62. The van der Waals surface area contributed by atoms with Gasteiger partial charge in [-0.3, -0.25) is 4.79 Å². The van der Waals surface area contributed by atoms with Crippen LogP contribution in [0.2, 0.25) is 0 Å². The molecule has 3 nitrogen and oxygen atoms in total. The summed E-state index contributed by atoms with van der Waals surface area (Å²) in [7, 11) is 0. The van der Waals surface area contributed by atoms with E-state index in [0.717, 1.165) is 11.8 Å². The fraction of sp³-hybridized carbons (Fsp3) is 0.133. The monoisotopic (exact) mass is 308 g/mol. The first-order chi connectivity index (χ1) is 9.97. The van der Waals surface area contributed by atoms with Crippen LogP contribution in [0.25, 0.3) is 0 Å². The van der Waals surface area contributed by atoms with Crippen LogP contribution in [0.4, 0.5) is 20.2 Å². The van der Waals surface area contributed by atoms with Crippen molar-refractivity contribution in [1.82, 2.24) is 0 Å².